The maximum Gasteiger partial charge on any atom is 0.329 e. The zero-order valence-corrected chi connectivity index (χ0v) is 8.35. The Kier molecular flexibility index (Phi) is 3.85. The number of nitrogens with zero attached hydrogens (tertiary/aromatic N) is 1. The molecule has 0 aliphatic heterocycles. The molecule has 1 aromatic carbocycles. The molecule has 0 aliphatic rings. The number of carboxylic acid groups (broad SMARTS) is 1. The second-order valence-electron chi connectivity index (χ2n) is 2.89. The quantitative estimate of drug-likeness (QED) is 0.773. The van der Waals surface area contributed by atoms with Gasteiger partial charge in [-0.3, -0.25) is 0 Å². The molecular formula is C11H12FNO2. The summed E-state index contributed by atoms with van der Waals surface area (Å²) in [5.74, 6) is -1.42. The van der Waals surface area contributed by atoms with Crippen LogP contribution in [0.4, 0.5) is 10.1 Å². The van der Waals surface area contributed by atoms with Crippen LogP contribution in [-0.4, -0.2) is 17.6 Å². The molecule has 0 spiro atoms. The van der Waals surface area contributed by atoms with Gasteiger partial charge in [0.2, 0.25) is 0 Å². The van der Waals surface area contributed by atoms with Crippen molar-refractivity contribution in [3.63, 3.8) is 0 Å². The largest absolute Gasteiger partial charge is 0.478 e. The Hall–Kier alpha value is -1.84. The maximum atomic E-state index is 13.3. The summed E-state index contributed by atoms with van der Waals surface area (Å²) in [5, 5.41) is 8.47. The molecule has 3 nitrogen and oxygen atoms in total. The van der Waals surface area contributed by atoms with Crippen LogP contribution in [0, 0.1) is 5.82 Å². The van der Waals surface area contributed by atoms with Crippen LogP contribution in [0.1, 0.15) is 6.92 Å². The first-order valence-electron chi connectivity index (χ1n) is 4.57. The highest BCUT2D eigenvalue weighted by molar-refractivity contribution is 5.80. The van der Waals surface area contributed by atoms with Crippen LogP contribution in [0.5, 0.6) is 0 Å². The Morgan fingerprint density at radius 3 is 2.73 bits per heavy atom. The number of para-hydroxylation sites is 1. The molecular weight excluding hydrogens is 197 g/mol. The van der Waals surface area contributed by atoms with E-state index in [9.17, 15) is 9.18 Å². The predicted octanol–water partition coefficient (Wildman–Crippen LogP) is 2.25. The second-order valence-corrected chi connectivity index (χ2v) is 2.89. The van der Waals surface area contributed by atoms with E-state index in [-0.39, 0.29) is 5.82 Å². The van der Waals surface area contributed by atoms with Crippen LogP contribution in [0.3, 0.4) is 0 Å². The van der Waals surface area contributed by atoms with E-state index in [1.165, 1.54) is 17.2 Å². The molecule has 15 heavy (non-hydrogen) atoms. The molecule has 0 heterocycles. The lowest BCUT2D eigenvalue weighted by Crippen LogP contribution is -2.16. The first-order valence-corrected chi connectivity index (χ1v) is 4.57. The highest BCUT2D eigenvalue weighted by atomic mass is 19.1. The zero-order chi connectivity index (χ0) is 11.3. The summed E-state index contributed by atoms with van der Waals surface area (Å²) in [6, 6.07) is 6.24. The molecule has 0 atom stereocenters. The molecule has 0 aromatic heterocycles. The summed E-state index contributed by atoms with van der Waals surface area (Å²) in [4.78, 5) is 11.9. The van der Waals surface area contributed by atoms with Gasteiger partial charge in [-0.25, -0.2) is 9.18 Å². The van der Waals surface area contributed by atoms with Gasteiger partial charge in [-0.15, -0.1) is 0 Å². The fourth-order valence-electron chi connectivity index (χ4n) is 1.19. The van der Waals surface area contributed by atoms with Crippen molar-refractivity contribution in [2.45, 2.75) is 6.92 Å². The van der Waals surface area contributed by atoms with E-state index in [0.29, 0.717) is 12.2 Å². The van der Waals surface area contributed by atoms with E-state index in [0.717, 1.165) is 6.08 Å². The summed E-state index contributed by atoms with van der Waals surface area (Å²) in [6.07, 6.45) is 2.33. The van der Waals surface area contributed by atoms with E-state index >= 15 is 0 Å². The molecule has 4 heteroatoms. The Bertz CT molecular complexity index is 377. The number of carbonyl (C=O) groups is 1. The molecule has 1 N–H and O–H groups in total. The SMILES string of the molecule is CCN(C=CC(=O)O)c1ccccc1F. The van der Waals surface area contributed by atoms with E-state index in [2.05, 4.69) is 0 Å². The first kappa shape index (κ1) is 11.2. The van der Waals surface area contributed by atoms with Gasteiger partial charge in [-0.2, -0.15) is 0 Å². The highest BCUT2D eigenvalue weighted by Gasteiger charge is 2.06. The van der Waals surface area contributed by atoms with Gasteiger partial charge in [0.15, 0.2) is 0 Å². The van der Waals surface area contributed by atoms with Gasteiger partial charge >= 0.3 is 5.97 Å². The van der Waals surface area contributed by atoms with E-state index < -0.39 is 5.97 Å². The molecule has 0 aliphatic carbocycles. The molecule has 0 radical (unpaired) electrons. The van der Waals surface area contributed by atoms with Gasteiger partial charge in [0, 0.05) is 18.8 Å². The van der Waals surface area contributed by atoms with Crippen molar-refractivity contribution in [1.29, 1.82) is 0 Å². The number of hydrogen-bond acceptors (Lipinski definition) is 2. The molecule has 0 saturated heterocycles. The number of benzene rings is 1. The van der Waals surface area contributed by atoms with Gasteiger partial charge in [0.25, 0.3) is 0 Å². The molecule has 0 fully saturated rings. The van der Waals surface area contributed by atoms with Crippen LogP contribution >= 0.6 is 0 Å². The van der Waals surface area contributed by atoms with E-state index in [4.69, 9.17) is 5.11 Å². The molecule has 0 bridgehead atoms. The molecule has 0 amide bonds. The lowest BCUT2D eigenvalue weighted by Gasteiger charge is -2.18. The molecule has 1 aromatic rings. The Morgan fingerprint density at radius 1 is 1.53 bits per heavy atom. The number of rotatable bonds is 4. The third-order valence-electron chi connectivity index (χ3n) is 1.90. The smallest absolute Gasteiger partial charge is 0.329 e. The average Bonchev–Trinajstić information content (AvgIpc) is 2.21. The minimum absolute atomic E-state index is 0.366. The Labute approximate surface area is 87.4 Å². The van der Waals surface area contributed by atoms with Crippen molar-refractivity contribution in [3.8, 4) is 0 Å². The highest BCUT2D eigenvalue weighted by Crippen LogP contribution is 2.18. The van der Waals surface area contributed by atoms with E-state index in [1.54, 1.807) is 18.2 Å². The molecule has 80 valence electrons. The number of aliphatic carboxylic acids is 1. The minimum atomic E-state index is -1.05. The van der Waals surface area contributed by atoms with Gasteiger partial charge in [-0.05, 0) is 19.1 Å². The summed E-state index contributed by atoms with van der Waals surface area (Å²) in [6.45, 7) is 2.32. The first-order chi connectivity index (χ1) is 7.15. The number of anilines is 1. The maximum absolute atomic E-state index is 13.3. The molecule has 0 unspecified atom stereocenters. The standard InChI is InChI=1S/C11H12FNO2/c1-2-13(8-7-11(14)15)10-6-4-3-5-9(10)12/h3-8H,2H2,1H3,(H,14,15). The summed E-state index contributed by atoms with van der Waals surface area (Å²) < 4.78 is 13.3. The zero-order valence-electron chi connectivity index (χ0n) is 8.35. The van der Waals surface area contributed by atoms with E-state index in [1.807, 2.05) is 6.92 Å². The summed E-state index contributed by atoms with van der Waals surface area (Å²) in [7, 11) is 0. The van der Waals surface area contributed by atoms with Gasteiger partial charge < -0.3 is 10.0 Å². The topological polar surface area (TPSA) is 40.5 Å². The third kappa shape index (κ3) is 3.09. The van der Waals surface area contributed by atoms with Gasteiger partial charge in [0.05, 0.1) is 5.69 Å². The van der Waals surface area contributed by atoms with Crippen LogP contribution in [0.2, 0.25) is 0 Å². The summed E-state index contributed by atoms with van der Waals surface area (Å²) in [5.41, 5.74) is 0.373. The number of hydrogen-bond donors (Lipinski definition) is 1. The van der Waals surface area contributed by atoms with Gasteiger partial charge in [0.1, 0.15) is 5.82 Å². The van der Waals surface area contributed by atoms with Crippen molar-refractivity contribution in [2.75, 3.05) is 11.4 Å². The van der Waals surface area contributed by atoms with Crippen molar-refractivity contribution in [3.05, 3.63) is 42.4 Å². The normalized spacial score (nSPS) is 10.5. The average molecular weight is 209 g/mol. The number of carboxylic acids is 1. The van der Waals surface area contributed by atoms with Gasteiger partial charge in [-0.1, -0.05) is 12.1 Å². The second kappa shape index (κ2) is 5.14. The Morgan fingerprint density at radius 2 is 2.20 bits per heavy atom. The third-order valence-corrected chi connectivity index (χ3v) is 1.90. The molecule has 0 saturated carbocycles. The lowest BCUT2D eigenvalue weighted by atomic mass is 10.3. The van der Waals surface area contributed by atoms with Crippen LogP contribution in [0.25, 0.3) is 0 Å². The fourth-order valence-corrected chi connectivity index (χ4v) is 1.19. The van der Waals surface area contributed by atoms with Crippen LogP contribution in [0.15, 0.2) is 36.5 Å². The molecule has 1 rings (SSSR count). The summed E-state index contributed by atoms with van der Waals surface area (Å²) >= 11 is 0. The fraction of sp³-hybridized carbons (Fsp3) is 0.182. The monoisotopic (exact) mass is 209 g/mol. The minimum Gasteiger partial charge on any atom is -0.478 e. The Balaban J connectivity index is 2.93. The van der Waals surface area contributed by atoms with Crippen molar-refractivity contribution >= 4 is 11.7 Å². The van der Waals surface area contributed by atoms with Crippen molar-refractivity contribution in [1.82, 2.24) is 0 Å². The number of halogens is 1. The van der Waals surface area contributed by atoms with Crippen molar-refractivity contribution < 1.29 is 14.3 Å². The van der Waals surface area contributed by atoms with Crippen LogP contribution < -0.4 is 4.90 Å². The van der Waals surface area contributed by atoms with Crippen LogP contribution in [-0.2, 0) is 4.79 Å². The lowest BCUT2D eigenvalue weighted by molar-refractivity contribution is -0.131. The predicted molar refractivity (Wildman–Crippen MR) is 56.2 cm³/mol. The van der Waals surface area contributed by atoms with Crippen molar-refractivity contribution in [2.24, 2.45) is 0 Å².